The smallest absolute Gasteiger partial charge is 0.331 e. The van der Waals surface area contributed by atoms with Gasteiger partial charge in [0.05, 0.1) is 18.2 Å². The lowest BCUT2D eigenvalue weighted by atomic mass is 9.68. The first-order chi connectivity index (χ1) is 28.8. The van der Waals surface area contributed by atoms with Gasteiger partial charge in [0.1, 0.15) is 69.7 Å². The minimum Gasteiger partial charge on any atom is -0.508 e. The Morgan fingerprint density at radius 2 is 0.950 bits per heavy atom. The summed E-state index contributed by atoms with van der Waals surface area (Å²) in [5.41, 5.74) is -3.00. The summed E-state index contributed by atoms with van der Waals surface area (Å²) in [5.74, 6) is -5.17. The number of ether oxygens (including phenoxy) is 5. The van der Waals surface area contributed by atoms with Gasteiger partial charge in [-0.2, -0.15) is 0 Å². The molecule has 0 bridgehead atoms. The summed E-state index contributed by atoms with van der Waals surface area (Å²) < 4.78 is 30.0. The third kappa shape index (κ3) is 4.70. The summed E-state index contributed by atoms with van der Waals surface area (Å²) in [6.07, 6.45) is 0.367. The Morgan fingerprint density at radius 3 is 1.47 bits per heavy atom. The van der Waals surface area contributed by atoms with E-state index in [0.717, 1.165) is 12.1 Å². The molecule has 0 fully saturated rings. The molecule has 0 unspecified atom stereocenters. The number of carbonyl (C=O) groups is 2. The molecule has 4 aliphatic heterocycles. The van der Waals surface area contributed by atoms with E-state index in [1.165, 1.54) is 98.1 Å². The van der Waals surface area contributed by atoms with Crippen molar-refractivity contribution in [3.05, 3.63) is 136 Å². The first-order valence-corrected chi connectivity index (χ1v) is 18.3. The molecule has 0 saturated carbocycles. The van der Waals surface area contributed by atoms with Gasteiger partial charge in [0.2, 0.25) is 5.75 Å². The molecule has 0 amide bonds. The first-order valence-electron chi connectivity index (χ1n) is 18.3. The van der Waals surface area contributed by atoms with E-state index in [2.05, 4.69) is 0 Å². The van der Waals surface area contributed by atoms with E-state index < -0.39 is 52.2 Å². The topological polar surface area (TPSA) is 242 Å². The number of carbonyl (C=O) groups excluding carboxylic acids is 2. The first kappa shape index (κ1) is 36.2. The fraction of sp³-hybridized carbons (Fsp3) is 0.111. The van der Waals surface area contributed by atoms with Crippen molar-refractivity contribution in [3.63, 3.8) is 0 Å². The number of phenols is 8. The van der Waals surface area contributed by atoms with Gasteiger partial charge in [-0.05, 0) is 58.7 Å². The van der Waals surface area contributed by atoms with Gasteiger partial charge in [-0.25, -0.2) is 0 Å². The number of rotatable bonds is 5. The zero-order chi connectivity index (χ0) is 42.0. The number of hydrogen-bond acceptors (Lipinski definition) is 15. The largest absolute Gasteiger partial charge is 0.508 e. The number of phenolic OH excluding ortho intramolecular Hbond substituents is 8. The highest BCUT2D eigenvalue weighted by molar-refractivity contribution is 6.03. The maximum atomic E-state index is 14.6. The molecule has 4 heterocycles. The molecular formula is C45H30O15. The summed E-state index contributed by atoms with van der Waals surface area (Å²) in [6.45, 7) is 0. The van der Waals surface area contributed by atoms with Crippen LogP contribution in [-0.2, 0) is 20.4 Å². The Balaban J connectivity index is 1.23. The van der Waals surface area contributed by atoms with E-state index in [4.69, 9.17) is 23.7 Å². The van der Waals surface area contributed by atoms with Gasteiger partial charge in [-0.1, -0.05) is 36.4 Å². The highest BCUT2D eigenvalue weighted by Crippen LogP contribution is 2.67. The molecule has 15 nitrogen and oxygen atoms in total. The van der Waals surface area contributed by atoms with E-state index in [9.17, 15) is 50.4 Å². The lowest BCUT2D eigenvalue weighted by molar-refractivity contribution is -0.139. The molecule has 4 aliphatic rings. The summed E-state index contributed by atoms with van der Waals surface area (Å²) in [6, 6.07) is 20.0. The lowest BCUT2D eigenvalue weighted by Gasteiger charge is -2.29. The van der Waals surface area contributed by atoms with Gasteiger partial charge in [-0.15, -0.1) is 0 Å². The van der Waals surface area contributed by atoms with Crippen molar-refractivity contribution >= 4 is 24.1 Å². The number of benzene rings is 6. The third-order valence-electron chi connectivity index (χ3n) is 11.4. The highest BCUT2D eigenvalue weighted by Gasteiger charge is 2.67. The van der Waals surface area contributed by atoms with Crippen LogP contribution in [0.5, 0.6) is 74.7 Å². The van der Waals surface area contributed by atoms with Crippen molar-refractivity contribution in [2.75, 3.05) is 7.11 Å². The minimum atomic E-state index is -2.04. The molecule has 8 N–H and O–H groups in total. The van der Waals surface area contributed by atoms with E-state index in [-0.39, 0.29) is 90.9 Å². The van der Waals surface area contributed by atoms with Gasteiger partial charge in [0.15, 0.2) is 22.3 Å². The lowest BCUT2D eigenvalue weighted by Crippen LogP contribution is -2.40. The van der Waals surface area contributed by atoms with Crippen molar-refractivity contribution in [2.45, 2.75) is 23.0 Å². The van der Waals surface area contributed by atoms with Crippen molar-refractivity contribution < 1.29 is 74.1 Å². The fourth-order valence-corrected chi connectivity index (χ4v) is 9.18. The van der Waals surface area contributed by atoms with Crippen LogP contribution < -0.4 is 23.7 Å². The number of esters is 2. The molecule has 60 heavy (non-hydrogen) atoms. The van der Waals surface area contributed by atoms with Crippen LogP contribution in [0, 0.1) is 0 Å². The van der Waals surface area contributed by atoms with E-state index in [1.54, 1.807) is 0 Å². The number of aromatic hydroxyl groups is 8. The molecular weight excluding hydrogens is 780 g/mol. The van der Waals surface area contributed by atoms with Gasteiger partial charge in [-0.3, -0.25) is 9.59 Å². The Kier molecular flexibility index (Phi) is 7.47. The zero-order valence-corrected chi connectivity index (χ0v) is 30.9. The second kappa shape index (κ2) is 12.4. The Labute approximate surface area is 338 Å². The van der Waals surface area contributed by atoms with Crippen LogP contribution in [0.4, 0.5) is 0 Å². The van der Waals surface area contributed by atoms with Gasteiger partial charge in [0.25, 0.3) is 0 Å². The molecule has 0 aromatic heterocycles. The molecule has 6 aromatic rings. The molecule has 4 atom stereocenters. The van der Waals surface area contributed by atoms with Crippen molar-refractivity contribution in [3.8, 4) is 74.7 Å². The molecule has 0 saturated heterocycles. The summed E-state index contributed by atoms with van der Waals surface area (Å²) in [7, 11) is 1.25. The average molecular weight is 811 g/mol. The summed E-state index contributed by atoms with van der Waals surface area (Å²) >= 11 is 0. The van der Waals surface area contributed by atoms with Crippen molar-refractivity contribution in [1.29, 1.82) is 0 Å². The molecule has 300 valence electrons. The minimum absolute atomic E-state index is 0.0418. The molecule has 2 spiro atoms. The highest BCUT2D eigenvalue weighted by atomic mass is 16.6. The van der Waals surface area contributed by atoms with E-state index in [1.807, 2.05) is 0 Å². The second-order valence-electron chi connectivity index (χ2n) is 14.7. The van der Waals surface area contributed by atoms with Crippen LogP contribution in [-0.4, -0.2) is 59.9 Å². The summed E-state index contributed by atoms with van der Waals surface area (Å²) in [5, 5.41) is 86.5. The normalized spacial score (nSPS) is 21.6. The van der Waals surface area contributed by atoms with Crippen molar-refractivity contribution in [1.82, 2.24) is 0 Å². The van der Waals surface area contributed by atoms with Crippen LogP contribution in [0.25, 0.3) is 12.2 Å². The molecule has 15 heteroatoms. The van der Waals surface area contributed by atoms with Gasteiger partial charge in [0, 0.05) is 41.5 Å². The summed E-state index contributed by atoms with van der Waals surface area (Å²) in [4.78, 5) is 29.1. The average Bonchev–Trinajstić information content (AvgIpc) is 3.90. The van der Waals surface area contributed by atoms with E-state index in [0.29, 0.717) is 11.1 Å². The van der Waals surface area contributed by atoms with Crippen LogP contribution in [0.15, 0.2) is 91.0 Å². The van der Waals surface area contributed by atoms with Crippen LogP contribution in [0.1, 0.15) is 56.7 Å². The predicted molar refractivity (Wildman–Crippen MR) is 207 cm³/mol. The standard InChI is InChI=1S/C45H30O15/c1-56-38-30(53)13-22(35-39(38)60-43(55)45(35)37-29(52)15-27(50)18-33(37)58-41(45)20-6-10-24(47)11-7-20)3-2-21-12-25(48)16-31-34(21)44(42(54)59-31)36-28(51)14-26(49)17-32(36)57-40(44)19-4-8-23(46)9-5-19/h2-18,40-41,46-53H,1H3/b3-2-/t40-,41+,44-,45-/m0/s1. The monoisotopic (exact) mass is 810 g/mol. The Morgan fingerprint density at radius 1 is 0.500 bits per heavy atom. The second-order valence-corrected chi connectivity index (χ2v) is 14.7. The number of hydrogen-bond donors (Lipinski definition) is 8. The molecule has 6 aromatic carbocycles. The molecule has 10 rings (SSSR count). The number of fused-ring (bicyclic) bond motifs is 8. The van der Waals surface area contributed by atoms with Crippen LogP contribution >= 0.6 is 0 Å². The zero-order valence-electron chi connectivity index (χ0n) is 30.9. The quantitative estimate of drug-likeness (QED) is 0.0550. The maximum Gasteiger partial charge on any atom is 0.331 e. The Hall–Kier alpha value is -8.20. The Bertz CT molecular complexity index is 2900. The maximum absolute atomic E-state index is 14.6. The van der Waals surface area contributed by atoms with Gasteiger partial charge >= 0.3 is 11.9 Å². The molecule has 0 radical (unpaired) electrons. The van der Waals surface area contributed by atoms with E-state index >= 15 is 0 Å². The third-order valence-corrected chi connectivity index (χ3v) is 11.4. The number of methoxy groups -OCH3 is 1. The van der Waals surface area contributed by atoms with Gasteiger partial charge < -0.3 is 64.5 Å². The van der Waals surface area contributed by atoms with Crippen molar-refractivity contribution in [2.24, 2.45) is 0 Å². The molecule has 0 aliphatic carbocycles. The predicted octanol–water partition coefficient (Wildman–Crippen LogP) is 6.19. The fourth-order valence-electron chi connectivity index (χ4n) is 9.18. The SMILES string of the molecule is COc1c(O)cc(/C=C\c2cc(O)cc3c2[C@]2(C(=O)O3)c3c(O)cc(O)cc3O[C@H]2c2ccc(O)cc2)c2c1OC(=O)[C@]21c2c(O)cc(O)cc2O[C@@H]1c1ccc(O)cc1. The van der Waals surface area contributed by atoms with Crippen LogP contribution in [0.3, 0.4) is 0 Å². The van der Waals surface area contributed by atoms with Crippen LogP contribution in [0.2, 0.25) is 0 Å².